The maximum atomic E-state index is 13.0. The fraction of sp³-hybridized carbons (Fsp3) is 0.105. The van der Waals surface area contributed by atoms with Gasteiger partial charge in [0.1, 0.15) is 11.5 Å². The molecular formula is C19H16N4O2. The Morgan fingerprint density at radius 2 is 1.80 bits per heavy atom. The third-order valence-corrected chi connectivity index (χ3v) is 4.05. The van der Waals surface area contributed by atoms with Gasteiger partial charge < -0.3 is 15.4 Å². The molecule has 0 bridgehead atoms. The molecule has 2 N–H and O–H groups in total. The zero-order chi connectivity index (χ0) is 17.2. The first kappa shape index (κ1) is 15.1. The molecule has 0 radical (unpaired) electrons. The van der Waals surface area contributed by atoms with E-state index in [1.807, 2.05) is 42.5 Å². The quantitative estimate of drug-likeness (QED) is 0.797. The molecular weight excluding hydrogens is 316 g/mol. The molecule has 1 aromatic heterocycles. The van der Waals surface area contributed by atoms with Crippen LogP contribution in [0.15, 0.2) is 60.8 Å². The van der Waals surface area contributed by atoms with E-state index in [1.54, 1.807) is 23.2 Å². The van der Waals surface area contributed by atoms with E-state index in [9.17, 15) is 4.79 Å². The predicted octanol–water partition coefficient (Wildman–Crippen LogP) is 3.01. The number of nitrogens with zero attached hydrogens (tertiary/aromatic N) is 3. The minimum absolute atomic E-state index is 0.108. The van der Waals surface area contributed by atoms with Gasteiger partial charge in [-0.1, -0.05) is 30.3 Å². The van der Waals surface area contributed by atoms with Gasteiger partial charge in [-0.25, -0.2) is 9.97 Å². The lowest BCUT2D eigenvalue weighted by Crippen LogP contribution is -2.25. The average molecular weight is 332 g/mol. The van der Waals surface area contributed by atoms with Crippen LogP contribution in [0.1, 0.15) is 21.6 Å². The van der Waals surface area contributed by atoms with Gasteiger partial charge in [-0.15, -0.1) is 0 Å². The number of carbonyl (C=O) groups is 1. The van der Waals surface area contributed by atoms with Crippen molar-refractivity contribution in [3.05, 3.63) is 77.6 Å². The first-order valence-corrected chi connectivity index (χ1v) is 7.92. The van der Waals surface area contributed by atoms with Gasteiger partial charge in [-0.2, -0.15) is 0 Å². The number of nitrogens with two attached hydrogens (primary N) is 1. The molecule has 4 rings (SSSR count). The largest absolute Gasteiger partial charge is 0.457 e. The number of fused-ring (bicyclic) bond motifs is 1. The molecule has 2 heterocycles. The van der Waals surface area contributed by atoms with E-state index in [4.69, 9.17) is 10.5 Å². The second kappa shape index (κ2) is 6.24. The fourth-order valence-electron chi connectivity index (χ4n) is 2.83. The summed E-state index contributed by atoms with van der Waals surface area (Å²) in [7, 11) is 0. The number of nitrogen functional groups attached to an aromatic ring is 1. The molecule has 3 aromatic rings. The highest BCUT2D eigenvalue weighted by molar-refractivity contribution is 5.97. The van der Waals surface area contributed by atoms with Crippen LogP contribution in [0.5, 0.6) is 11.5 Å². The molecule has 1 aliphatic heterocycles. The van der Waals surface area contributed by atoms with Gasteiger partial charge in [0, 0.05) is 18.3 Å². The second-order valence-corrected chi connectivity index (χ2v) is 5.77. The van der Waals surface area contributed by atoms with Crippen LogP contribution in [-0.2, 0) is 13.1 Å². The van der Waals surface area contributed by atoms with Crippen molar-refractivity contribution >= 4 is 11.9 Å². The minimum atomic E-state index is -0.108. The summed E-state index contributed by atoms with van der Waals surface area (Å²) in [4.78, 5) is 22.9. The third kappa shape index (κ3) is 3.01. The number of hydrogen-bond donors (Lipinski definition) is 1. The van der Waals surface area contributed by atoms with Crippen LogP contribution < -0.4 is 10.5 Å². The van der Waals surface area contributed by atoms with Gasteiger partial charge >= 0.3 is 0 Å². The number of hydrogen-bond acceptors (Lipinski definition) is 5. The number of carbonyl (C=O) groups excluding carboxylic acids is 1. The average Bonchev–Trinajstić information content (AvgIpc) is 3.05. The molecule has 0 saturated heterocycles. The van der Waals surface area contributed by atoms with Gasteiger partial charge in [-0.05, 0) is 24.3 Å². The minimum Gasteiger partial charge on any atom is -0.457 e. The molecule has 0 spiro atoms. The zero-order valence-electron chi connectivity index (χ0n) is 13.4. The monoisotopic (exact) mass is 332 g/mol. The second-order valence-electron chi connectivity index (χ2n) is 5.77. The summed E-state index contributed by atoms with van der Waals surface area (Å²) in [5, 5.41) is 0. The summed E-state index contributed by atoms with van der Waals surface area (Å²) >= 11 is 0. The van der Waals surface area contributed by atoms with Gasteiger partial charge in [0.2, 0.25) is 5.95 Å². The summed E-state index contributed by atoms with van der Waals surface area (Å²) < 4.78 is 5.89. The zero-order valence-corrected chi connectivity index (χ0v) is 13.4. The Morgan fingerprint density at radius 3 is 2.64 bits per heavy atom. The lowest BCUT2D eigenvalue weighted by Gasteiger charge is -2.17. The maximum absolute atomic E-state index is 13.0. The van der Waals surface area contributed by atoms with Crippen molar-refractivity contribution in [1.82, 2.24) is 14.9 Å². The Balaban J connectivity index is 1.59. The summed E-state index contributed by atoms with van der Waals surface area (Å²) in [6.07, 6.45) is 1.68. The molecule has 1 aliphatic rings. The van der Waals surface area contributed by atoms with Gasteiger partial charge in [0.25, 0.3) is 5.91 Å². The van der Waals surface area contributed by atoms with Crippen LogP contribution in [0.4, 0.5) is 5.95 Å². The number of ether oxygens (including phenoxy) is 1. The molecule has 25 heavy (non-hydrogen) atoms. The van der Waals surface area contributed by atoms with Gasteiger partial charge in [-0.3, -0.25) is 4.79 Å². The first-order chi connectivity index (χ1) is 12.2. The van der Waals surface area contributed by atoms with Crippen molar-refractivity contribution in [3.8, 4) is 11.5 Å². The third-order valence-electron chi connectivity index (χ3n) is 4.05. The van der Waals surface area contributed by atoms with Crippen LogP contribution >= 0.6 is 0 Å². The van der Waals surface area contributed by atoms with E-state index in [0.29, 0.717) is 30.2 Å². The van der Waals surface area contributed by atoms with Crippen molar-refractivity contribution in [2.45, 2.75) is 13.1 Å². The molecule has 2 aromatic carbocycles. The Hall–Kier alpha value is -3.41. The predicted molar refractivity (Wildman–Crippen MR) is 93.0 cm³/mol. The molecule has 6 heteroatoms. The number of amides is 1. The molecule has 0 aliphatic carbocycles. The molecule has 0 unspecified atom stereocenters. The number of rotatable bonds is 3. The molecule has 124 valence electrons. The van der Waals surface area contributed by atoms with Crippen LogP contribution in [0.2, 0.25) is 0 Å². The van der Waals surface area contributed by atoms with Crippen molar-refractivity contribution in [3.63, 3.8) is 0 Å². The highest BCUT2D eigenvalue weighted by Crippen LogP contribution is 2.29. The summed E-state index contributed by atoms with van der Waals surface area (Å²) in [6, 6.07) is 16.6. The lowest BCUT2D eigenvalue weighted by atomic mass is 10.1. The molecule has 1 amide bonds. The highest BCUT2D eigenvalue weighted by atomic mass is 16.5. The van der Waals surface area contributed by atoms with E-state index < -0.39 is 0 Å². The number of para-hydroxylation sites is 2. The van der Waals surface area contributed by atoms with Crippen LogP contribution in [0.25, 0.3) is 0 Å². The maximum Gasteiger partial charge on any atom is 0.258 e. The van der Waals surface area contributed by atoms with Crippen LogP contribution in [0, 0.1) is 0 Å². The molecule has 0 atom stereocenters. The number of aromatic nitrogens is 2. The SMILES string of the molecule is Nc1ncc2c(n1)CN(C(=O)c1ccccc1Oc1ccccc1)C2. The number of benzene rings is 2. The van der Waals surface area contributed by atoms with Crippen molar-refractivity contribution < 1.29 is 9.53 Å². The van der Waals surface area contributed by atoms with E-state index in [1.165, 1.54) is 0 Å². The standard InChI is InChI=1S/C19H16N4O2/c20-19-21-10-13-11-23(12-16(13)22-19)18(24)15-8-4-5-9-17(15)25-14-6-2-1-3-7-14/h1-10H,11-12H2,(H2,20,21,22). The van der Waals surface area contributed by atoms with Crippen molar-refractivity contribution in [2.75, 3.05) is 5.73 Å². The molecule has 0 fully saturated rings. The fourth-order valence-corrected chi connectivity index (χ4v) is 2.83. The molecule has 6 nitrogen and oxygen atoms in total. The lowest BCUT2D eigenvalue weighted by molar-refractivity contribution is 0.0748. The normalized spacial score (nSPS) is 12.7. The van der Waals surface area contributed by atoms with E-state index in [2.05, 4.69) is 9.97 Å². The van der Waals surface area contributed by atoms with Gasteiger partial charge in [0.05, 0.1) is 17.8 Å². The highest BCUT2D eigenvalue weighted by Gasteiger charge is 2.27. The van der Waals surface area contributed by atoms with Gasteiger partial charge in [0.15, 0.2) is 0 Å². The number of anilines is 1. The Labute approximate surface area is 144 Å². The summed E-state index contributed by atoms with van der Waals surface area (Å²) in [5.74, 6) is 1.33. The smallest absolute Gasteiger partial charge is 0.258 e. The summed E-state index contributed by atoms with van der Waals surface area (Å²) in [5.41, 5.74) is 7.86. The first-order valence-electron chi connectivity index (χ1n) is 7.92. The molecule has 0 saturated carbocycles. The van der Waals surface area contributed by atoms with Crippen molar-refractivity contribution in [2.24, 2.45) is 0 Å². The van der Waals surface area contributed by atoms with Crippen LogP contribution in [-0.4, -0.2) is 20.8 Å². The Morgan fingerprint density at radius 1 is 1.04 bits per heavy atom. The van der Waals surface area contributed by atoms with Crippen molar-refractivity contribution in [1.29, 1.82) is 0 Å². The topological polar surface area (TPSA) is 81.3 Å². The van der Waals surface area contributed by atoms with Crippen LogP contribution in [0.3, 0.4) is 0 Å². The van der Waals surface area contributed by atoms with E-state index in [0.717, 1.165) is 11.3 Å². The Bertz CT molecular complexity index is 928. The van der Waals surface area contributed by atoms with E-state index in [-0.39, 0.29) is 11.9 Å². The summed E-state index contributed by atoms with van der Waals surface area (Å²) in [6.45, 7) is 0.884. The van der Waals surface area contributed by atoms with E-state index >= 15 is 0 Å². The Kier molecular flexibility index (Phi) is 3.78.